The van der Waals surface area contributed by atoms with Gasteiger partial charge in [-0.05, 0) is 13.8 Å². The Balaban J connectivity index is 3.52. The normalized spacial score (nSPS) is 8.75. The molecule has 0 rings (SSSR count). The van der Waals surface area contributed by atoms with E-state index in [0.29, 0.717) is 13.1 Å². The molecule has 0 aromatic carbocycles. The minimum absolute atomic E-state index is 0.400. The maximum Gasteiger partial charge on any atom is 0.314 e. The third-order valence-electron chi connectivity index (χ3n) is 0.963. The van der Waals surface area contributed by atoms with Crippen LogP contribution >= 0.6 is 0 Å². The predicted molar refractivity (Wildman–Crippen MR) is 32.2 cm³/mol. The van der Waals surface area contributed by atoms with Crippen LogP contribution in [0.3, 0.4) is 0 Å². The second-order valence-corrected chi connectivity index (χ2v) is 1.42. The van der Waals surface area contributed by atoms with Gasteiger partial charge in [-0.1, -0.05) is 0 Å². The van der Waals surface area contributed by atoms with Crippen LogP contribution in [0.25, 0.3) is 0 Å². The van der Waals surface area contributed by atoms with Crippen molar-refractivity contribution in [2.24, 2.45) is 5.73 Å². The average Bonchev–Trinajstić information content (AvgIpc) is 1.69. The second-order valence-electron chi connectivity index (χ2n) is 1.42. The van der Waals surface area contributed by atoms with Gasteiger partial charge in [0.2, 0.25) is 0 Å². The summed E-state index contributed by atoms with van der Waals surface area (Å²) in [5, 5.41) is 0. The molecule has 0 aliphatic heterocycles. The lowest BCUT2D eigenvalue weighted by Gasteiger charge is -2.13. The van der Waals surface area contributed by atoms with E-state index in [1.54, 1.807) is 0 Å². The quantitative estimate of drug-likeness (QED) is 0.549. The lowest BCUT2D eigenvalue weighted by Crippen LogP contribution is -2.35. The van der Waals surface area contributed by atoms with Crippen molar-refractivity contribution in [3.8, 4) is 0 Å². The molecule has 3 nitrogen and oxygen atoms in total. The van der Waals surface area contributed by atoms with Gasteiger partial charge in [-0.3, -0.25) is 0 Å². The summed E-state index contributed by atoms with van der Waals surface area (Å²) in [7, 11) is 0. The highest BCUT2D eigenvalue weighted by molar-refractivity contribution is 5.71. The number of rotatable bonds is 2. The summed E-state index contributed by atoms with van der Waals surface area (Å²) in [6, 6.07) is -0.400. The van der Waals surface area contributed by atoms with Gasteiger partial charge in [0.1, 0.15) is 0 Å². The molecule has 0 fully saturated rings. The molecule has 1 radical (unpaired) electrons. The van der Waals surface area contributed by atoms with Crippen LogP contribution in [0, 0.1) is 6.92 Å². The van der Waals surface area contributed by atoms with Crippen LogP contribution in [0.15, 0.2) is 0 Å². The van der Waals surface area contributed by atoms with Crippen molar-refractivity contribution in [2.75, 3.05) is 13.1 Å². The summed E-state index contributed by atoms with van der Waals surface area (Å²) in [6.45, 7) is 6.45. The molecule has 0 unspecified atom stereocenters. The van der Waals surface area contributed by atoms with Crippen molar-refractivity contribution in [3.05, 3.63) is 6.92 Å². The summed E-state index contributed by atoms with van der Waals surface area (Å²) < 4.78 is 0. The molecule has 0 heterocycles. The summed E-state index contributed by atoms with van der Waals surface area (Å²) in [5.41, 5.74) is 4.90. The molecule has 3 heteroatoms. The minimum atomic E-state index is -0.400. The Morgan fingerprint density at radius 3 is 2.38 bits per heavy atom. The smallest absolute Gasteiger partial charge is 0.314 e. The highest BCUT2D eigenvalue weighted by atomic mass is 16.2. The molecule has 8 heavy (non-hydrogen) atoms. The zero-order valence-electron chi connectivity index (χ0n) is 5.05. The molecule has 0 aliphatic carbocycles. The lowest BCUT2D eigenvalue weighted by atomic mass is 10.5. The van der Waals surface area contributed by atoms with E-state index in [0.717, 1.165) is 0 Å². The fourth-order valence-corrected chi connectivity index (χ4v) is 0.424. The fourth-order valence-electron chi connectivity index (χ4n) is 0.424. The van der Waals surface area contributed by atoms with E-state index in [-0.39, 0.29) is 0 Å². The maximum absolute atomic E-state index is 10.3. The van der Waals surface area contributed by atoms with Crippen molar-refractivity contribution in [1.82, 2.24) is 4.90 Å². The second kappa shape index (κ2) is 3.29. The molecule has 2 amide bonds. The first kappa shape index (κ1) is 7.27. The van der Waals surface area contributed by atoms with Crippen molar-refractivity contribution in [2.45, 2.75) is 6.92 Å². The average molecular weight is 115 g/mol. The summed E-state index contributed by atoms with van der Waals surface area (Å²) in [6.07, 6.45) is 0. The molecule has 0 spiro atoms. The highest BCUT2D eigenvalue weighted by Gasteiger charge is 2.00. The van der Waals surface area contributed by atoms with Crippen LogP contribution < -0.4 is 5.73 Å². The number of nitrogens with zero attached hydrogens (tertiary/aromatic N) is 1. The molecule has 0 aliphatic rings. The third kappa shape index (κ3) is 1.82. The molecular weight excluding hydrogens is 104 g/mol. The van der Waals surface area contributed by atoms with Crippen LogP contribution in [0.1, 0.15) is 6.92 Å². The number of carbonyl (C=O) groups is 1. The zero-order chi connectivity index (χ0) is 6.57. The van der Waals surface area contributed by atoms with Crippen molar-refractivity contribution in [1.29, 1.82) is 0 Å². The first-order valence-electron chi connectivity index (χ1n) is 2.56. The molecule has 47 valence electrons. The number of hydrogen-bond acceptors (Lipinski definition) is 1. The Morgan fingerprint density at radius 1 is 1.88 bits per heavy atom. The summed E-state index contributed by atoms with van der Waals surface area (Å²) in [4.78, 5) is 11.7. The molecule has 0 saturated heterocycles. The van der Waals surface area contributed by atoms with Crippen LogP contribution in [-0.4, -0.2) is 24.0 Å². The van der Waals surface area contributed by atoms with Crippen molar-refractivity contribution < 1.29 is 4.79 Å². The largest absolute Gasteiger partial charge is 0.351 e. The van der Waals surface area contributed by atoms with E-state index in [9.17, 15) is 4.79 Å². The molecular formula is C5H11N2O. The van der Waals surface area contributed by atoms with Gasteiger partial charge < -0.3 is 10.6 Å². The topological polar surface area (TPSA) is 46.3 Å². The van der Waals surface area contributed by atoms with E-state index < -0.39 is 6.03 Å². The number of amides is 2. The molecule has 0 atom stereocenters. The fraction of sp³-hybridized carbons (Fsp3) is 0.600. The number of primary amides is 1. The number of urea groups is 1. The van der Waals surface area contributed by atoms with Gasteiger partial charge in [0.25, 0.3) is 0 Å². The van der Waals surface area contributed by atoms with E-state index in [4.69, 9.17) is 5.73 Å². The van der Waals surface area contributed by atoms with Crippen LogP contribution in [-0.2, 0) is 0 Å². The number of nitrogens with two attached hydrogens (primary N) is 1. The monoisotopic (exact) mass is 115 g/mol. The number of hydrogen-bond donors (Lipinski definition) is 1. The van der Waals surface area contributed by atoms with E-state index in [1.807, 2.05) is 6.92 Å². The maximum atomic E-state index is 10.3. The Hall–Kier alpha value is -0.730. The minimum Gasteiger partial charge on any atom is -0.351 e. The molecule has 2 N–H and O–H groups in total. The highest BCUT2D eigenvalue weighted by Crippen LogP contribution is 1.82. The molecule has 0 bridgehead atoms. The van der Waals surface area contributed by atoms with Gasteiger partial charge in [-0.15, -0.1) is 0 Å². The van der Waals surface area contributed by atoms with Crippen molar-refractivity contribution >= 4 is 6.03 Å². The van der Waals surface area contributed by atoms with Crippen molar-refractivity contribution in [3.63, 3.8) is 0 Å². The Morgan fingerprint density at radius 2 is 2.38 bits per heavy atom. The standard InChI is InChI=1S/C5H11N2O/c1-3-7(4-2)5(6)8/h1,3-4H2,2H3,(H2,6,8). The third-order valence-corrected chi connectivity index (χ3v) is 0.963. The van der Waals surface area contributed by atoms with E-state index >= 15 is 0 Å². The van der Waals surface area contributed by atoms with E-state index in [1.165, 1.54) is 4.90 Å². The number of carbonyl (C=O) groups excluding carboxylic acids is 1. The first-order chi connectivity index (χ1) is 3.72. The zero-order valence-corrected chi connectivity index (χ0v) is 5.05. The summed E-state index contributed by atoms with van der Waals surface area (Å²) >= 11 is 0. The van der Waals surface area contributed by atoms with Crippen LogP contribution in [0.4, 0.5) is 4.79 Å². The van der Waals surface area contributed by atoms with Gasteiger partial charge in [0, 0.05) is 13.1 Å². The molecule has 0 aromatic heterocycles. The Bertz CT molecular complexity index is 78.5. The van der Waals surface area contributed by atoms with Gasteiger partial charge >= 0.3 is 6.03 Å². The SMILES string of the molecule is [CH2]CN(CC)C(N)=O. The van der Waals surface area contributed by atoms with Gasteiger partial charge in [-0.2, -0.15) is 0 Å². The van der Waals surface area contributed by atoms with Crippen LogP contribution in [0.5, 0.6) is 0 Å². The first-order valence-corrected chi connectivity index (χ1v) is 2.56. The summed E-state index contributed by atoms with van der Waals surface area (Å²) in [5.74, 6) is 0. The molecule has 0 aromatic rings. The lowest BCUT2D eigenvalue weighted by molar-refractivity contribution is 0.215. The predicted octanol–water partition coefficient (Wildman–Crippen LogP) is 0.221. The molecule has 0 saturated carbocycles. The van der Waals surface area contributed by atoms with Crippen LogP contribution in [0.2, 0.25) is 0 Å². The van der Waals surface area contributed by atoms with Gasteiger partial charge in [0.05, 0.1) is 0 Å². The van der Waals surface area contributed by atoms with E-state index in [2.05, 4.69) is 6.92 Å². The van der Waals surface area contributed by atoms with Gasteiger partial charge in [0.15, 0.2) is 0 Å². The Kier molecular flexibility index (Phi) is 2.99. The Labute approximate surface area is 49.5 Å². The van der Waals surface area contributed by atoms with Gasteiger partial charge in [-0.25, -0.2) is 4.79 Å².